The van der Waals surface area contributed by atoms with Crippen LogP contribution >= 0.6 is 39.7 Å². The van der Waals surface area contributed by atoms with E-state index in [9.17, 15) is 0 Å². The van der Waals surface area contributed by atoms with Gasteiger partial charge in [0, 0.05) is 18.0 Å². The first-order valence-electron chi connectivity index (χ1n) is 5.94. The molecule has 1 aliphatic heterocycles. The Morgan fingerprint density at radius 2 is 2.29 bits per heavy atom. The van der Waals surface area contributed by atoms with Gasteiger partial charge in [0.15, 0.2) is 0 Å². The molecular formula is C12H20BrClN2S. The summed E-state index contributed by atoms with van der Waals surface area (Å²) < 4.78 is 1.23. The van der Waals surface area contributed by atoms with Gasteiger partial charge in [-0.1, -0.05) is 0 Å². The zero-order valence-electron chi connectivity index (χ0n) is 9.90. The molecule has 0 amide bonds. The van der Waals surface area contributed by atoms with Crippen molar-refractivity contribution in [2.45, 2.75) is 25.8 Å². The van der Waals surface area contributed by atoms with Crippen LogP contribution in [0.2, 0.25) is 0 Å². The molecule has 2 N–H and O–H groups in total. The molecule has 0 aromatic carbocycles. The molecule has 1 saturated heterocycles. The Labute approximate surface area is 122 Å². The summed E-state index contributed by atoms with van der Waals surface area (Å²) in [5.41, 5.74) is 5.64. The zero-order valence-corrected chi connectivity index (χ0v) is 13.1. The number of thiophene rings is 1. The van der Waals surface area contributed by atoms with Crippen molar-refractivity contribution in [2.24, 2.45) is 11.7 Å². The van der Waals surface area contributed by atoms with Crippen LogP contribution in [0.5, 0.6) is 0 Å². The van der Waals surface area contributed by atoms with E-state index in [1.54, 1.807) is 0 Å². The van der Waals surface area contributed by atoms with Crippen molar-refractivity contribution in [3.63, 3.8) is 0 Å². The first kappa shape index (κ1) is 15.4. The van der Waals surface area contributed by atoms with Crippen LogP contribution in [0.1, 0.15) is 24.1 Å². The van der Waals surface area contributed by atoms with Crippen LogP contribution < -0.4 is 5.73 Å². The molecule has 0 bridgehead atoms. The summed E-state index contributed by atoms with van der Waals surface area (Å²) in [5, 5.41) is 0. The number of halogens is 2. The molecule has 0 radical (unpaired) electrons. The van der Waals surface area contributed by atoms with Gasteiger partial charge in [-0.25, -0.2) is 0 Å². The van der Waals surface area contributed by atoms with Crippen molar-refractivity contribution in [1.82, 2.24) is 4.90 Å². The number of hydrogen-bond acceptors (Lipinski definition) is 3. The second-order valence-electron chi connectivity index (χ2n) is 4.53. The molecule has 2 nitrogen and oxygen atoms in total. The summed E-state index contributed by atoms with van der Waals surface area (Å²) in [5.74, 6) is 0.821. The molecule has 0 saturated carbocycles. The first-order valence-corrected chi connectivity index (χ1v) is 7.55. The minimum absolute atomic E-state index is 0. The SMILES string of the molecule is Cl.NCCC1CCCN(Cc2ccc(Br)s2)C1. The predicted octanol–water partition coefficient (Wildman–Crippen LogP) is 3.49. The third-order valence-corrected chi connectivity index (χ3v) is 4.79. The maximum absolute atomic E-state index is 5.64. The Hall–Kier alpha value is 0.390. The Balaban J connectivity index is 0.00000144. The van der Waals surface area contributed by atoms with Crippen LogP contribution in [0.4, 0.5) is 0 Å². The van der Waals surface area contributed by atoms with E-state index in [4.69, 9.17) is 5.73 Å². The molecule has 5 heteroatoms. The second kappa shape index (κ2) is 7.74. The van der Waals surface area contributed by atoms with E-state index in [1.165, 1.54) is 41.0 Å². The fraction of sp³-hybridized carbons (Fsp3) is 0.667. The van der Waals surface area contributed by atoms with E-state index >= 15 is 0 Å². The van der Waals surface area contributed by atoms with Gasteiger partial charge >= 0.3 is 0 Å². The topological polar surface area (TPSA) is 29.3 Å². The Morgan fingerprint density at radius 1 is 1.47 bits per heavy atom. The van der Waals surface area contributed by atoms with Gasteiger partial charge in [0.05, 0.1) is 3.79 Å². The molecule has 98 valence electrons. The van der Waals surface area contributed by atoms with E-state index in [0.29, 0.717) is 0 Å². The van der Waals surface area contributed by atoms with Crippen molar-refractivity contribution in [2.75, 3.05) is 19.6 Å². The maximum Gasteiger partial charge on any atom is 0.0701 e. The molecular weight excluding hydrogens is 320 g/mol. The average Bonchev–Trinajstić information content (AvgIpc) is 2.65. The van der Waals surface area contributed by atoms with E-state index in [1.807, 2.05) is 11.3 Å². The molecule has 1 fully saturated rings. The standard InChI is InChI=1S/C12H19BrN2S.ClH/c13-12-4-3-11(16-12)9-15-7-1-2-10(8-15)5-6-14;/h3-4,10H,1-2,5-9,14H2;1H. The van der Waals surface area contributed by atoms with Gasteiger partial charge in [-0.15, -0.1) is 23.7 Å². The van der Waals surface area contributed by atoms with Gasteiger partial charge in [-0.05, 0) is 66.3 Å². The summed E-state index contributed by atoms with van der Waals surface area (Å²) in [7, 11) is 0. The highest BCUT2D eigenvalue weighted by Crippen LogP contribution is 2.26. The number of piperidine rings is 1. The lowest BCUT2D eigenvalue weighted by Gasteiger charge is -2.32. The summed E-state index contributed by atoms with van der Waals surface area (Å²) in [6, 6.07) is 4.36. The molecule has 1 aromatic rings. The van der Waals surface area contributed by atoms with Gasteiger partial charge in [0.25, 0.3) is 0 Å². The summed E-state index contributed by atoms with van der Waals surface area (Å²) >= 11 is 5.36. The van der Waals surface area contributed by atoms with Crippen LogP contribution in [0, 0.1) is 5.92 Å². The van der Waals surface area contributed by atoms with E-state index in [2.05, 4.69) is 33.0 Å². The first-order chi connectivity index (χ1) is 7.78. The number of likely N-dealkylation sites (tertiary alicyclic amines) is 1. The third-order valence-electron chi connectivity index (χ3n) is 3.19. The number of rotatable bonds is 4. The smallest absolute Gasteiger partial charge is 0.0701 e. The molecule has 0 spiro atoms. The Morgan fingerprint density at radius 3 is 2.94 bits per heavy atom. The quantitative estimate of drug-likeness (QED) is 0.910. The molecule has 17 heavy (non-hydrogen) atoms. The molecule has 2 heterocycles. The molecule has 1 aromatic heterocycles. The van der Waals surface area contributed by atoms with Gasteiger partial charge in [0.1, 0.15) is 0 Å². The van der Waals surface area contributed by atoms with Gasteiger partial charge < -0.3 is 5.73 Å². The lowest BCUT2D eigenvalue weighted by molar-refractivity contribution is 0.164. The second-order valence-corrected chi connectivity index (χ2v) is 7.07. The lowest BCUT2D eigenvalue weighted by atomic mass is 9.95. The van der Waals surface area contributed by atoms with E-state index in [-0.39, 0.29) is 12.4 Å². The van der Waals surface area contributed by atoms with Crippen LogP contribution in [-0.2, 0) is 6.54 Å². The normalized spacial score (nSPS) is 21.2. The fourth-order valence-corrected chi connectivity index (χ4v) is 3.95. The number of nitrogens with two attached hydrogens (primary N) is 1. The number of hydrogen-bond donors (Lipinski definition) is 1. The largest absolute Gasteiger partial charge is 0.330 e. The van der Waals surface area contributed by atoms with Crippen molar-refractivity contribution in [1.29, 1.82) is 0 Å². The van der Waals surface area contributed by atoms with Gasteiger partial charge in [0.2, 0.25) is 0 Å². The van der Waals surface area contributed by atoms with Crippen LogP contribution in [0.25, 0.3) is 0 Å². The summed E-state index contributed by atoms with van der Waals surface area (Å²) in [4.78, 5) is 4.03. The van der Waals surface area contributed by atoms with Crippen LogP contribution in [-0.4, -0.2) is 24.5 Å². The number of nitrogens with zero attached hydrogens (tertiary/aromatic N) is 1. The molecule has 1 atom stereocenters. The highest BCUT2D eigenvalue weighted by atomic mass is 79.9. The summed E-state index contributed by atoms with van der Waals surface area (Å²) in [6.45, 7) is 4.42. The minimum atomic E-state index is 0. The highest BCUT2D eigenvalue weighted by Gasteiger charge is 2.19. The molecule has 1 unspecified atom stereocenters. The average molecular weight is 340 g/mol. The van der Waals surface area contributed by atoms with Crippen molar-refractivity contribution < 1.29 is 0 Å². The van der Waals surface area contributed by atoms with Crippen LogP contribution in [0.15, 0.2) is 15.9 Å². The minimum Gasteiger partial charge on any atom is -0.330 e. The highest BCUT2D eigenvalue weighted by molar-refractivity contribution is 9.11. The lowest BCUT2D eigenvalue weighted by Crippen LogP contribution is -2.35. The van der Waals surface area contributed by atoms with Gasteiger partial charge in [-0.2, -0.15) is 0 Å². The van der Waals surface area contributed by atoms with Crippen molar-refractivity contribution in [3.05, 3.63) is 20.8 Å². The van der Waals surface area contributed by atoms with E-state index in [0.717, 1.165) is 19.0 Å². The Bertz CT molecular complexity index is 330. The van der Waals surface area contributed by atoms with Gasteiger partial charge in [-0.3, -0.25) is 4.90 Å². The van der Waals surface area contributed by atoms with Crippen LogP contribution in [0.3, 0.4) is 0 Å². The zero-order chi connectivity index (χ0) is 11.4. The van der Waals surface area contributed by atoms with Crippen molar-refractivity contribution >= 4 is 39.7 Å². The third kappa shape index (κ3) is 4.87. The predicted molar refractivity (Wildman–Crippen MR) is 80.9 cm³/mol. The Kier molecular flexibility index (Phi) is 7.04. The van der Waals surface area contributed by atoms with E-state index < -0.39 is 0 Å². The fourth-order valence-electron chi connectivity index (χ4n) is 2.42. The monoisotopic (exact) mass is 338 g/mol. The molecule has 2 rings (SSSR count). The maximum atomic E-state index is 5.64. The molecule has 1 aliphatic rings. The summed E-state index contributed by atoms with van der Waals surface area (Å²) in [6.07, 6.45) is 3.88. The molecule has 0 aliphatic carbocycles. The van der Waals surface area contributed by atoms with Crippen molar-refractivity contribution in [3.8, 4) is 0 Å².